The van der Waals surface area contributed by atoms with E-state index in [1.165, 1.54) is 31.9 Å². The molecule has 0 bridgehead atoms. The molecule has 0 fully saturated rings. The van der Waals surface area contributed by atoms with Crippen LogP contribution in [0.4, 0.5) is 0 Å². The van der Waals surface area contributed by atoms with E-state index in [1.54, 1.807) is 0 Å². The molecule has 0 aliphatic heterocycles. The molecule has 0 nitrogen and oxygen atoms in total. The van der Waals surface area contributed by atoms with Gasteiger partial charge in [0.2, 0.25) is 0 Å². The molecule has 0 atom stereocenters. The van der Waals surface area contributed by atoms with Crippen LogP contribution in [0.2, 0.25) is 0 Å². The first-order valence-corrected chi connectivity index (χ1v) is 14.6. The summed E-state index contributed by atoms with van der Waals surface area (Å²) >= 11 is 2.34. The van der Waals surface area contributed by atoms with E-state index in [2.05, 4.69) is 165 Å². The predicted octanol–water partition coefficient (Wildman–Crippen LogP) is 6.46. The van der Waals surface area contributed by atoms with E-state index < -0.39 is 6.19 Å². The van der Waals surface area contributed by atoms with Gasteiger partial charge in [-0.25, -0.2) is 0 Å². The van der Waals surface area contributed by atoms with Gasteiger partial charge in [-0.3, -0.25) is 0 Å². The second-order valence-corrected chi connectivity index (χ2v) is 11.7. The molecule has 0 amide bonds. The fraction of sp³-hybridized carbons (Fsp3) is 0. The number of hydrogen-bond acceptors (Lipinski definition) is 0. The van der Waals surface area contributed by atoms with Gasteiger partial charge in [0, 0.05) is 0 Å². The number of hydrogen-bond donors (Lipinski definition) is 0. The van der Waals surface area contributed by atoms with Crippen LogP contribution < -0.4 is 10.4 Å². The van der Waals surface area contributed by atoms with E-state index in [9.17, 15) is 0 Å². The third-order valence-corrected chi connectivity index (χ3v) is 9.75. The zero-order valence-corrected chi connectivity index (χ0v) is 20.4. The van der Waals surface area contributed by atoms with Crippen LogP contribution in [0.1, 0.15) is 0 Å². The van der Waals surface area contributed by atoms with Crippen molar-refractivity contribution < 1.29 is 19.2 Å². The van der Waals surface area contributed by atoms with Gasteiger partial charge in [0.05, 0.1) is 0 Å². The maximum absolute atomic E-state index is 2.34. The zero-order valence-electron chi connectivity index (χ0n) is 17.9. The van der Waals surface area contributed by atoms with Gasteiger partial charge in [-0.1, -0.05) is 12.1 Å². The molecule has 0 unspecified atom stereocenters. The summed E-state index contributed by atoms with van der Waals surface area (Å²) in [4.78, 5) is 0. The molecular formula is C30H24SiTi. The molecule has 0 aliphatic rings. The van der Waals surface area contributed by atoms with Crippen LogP contribution in [-0.4, -0.2) is 6.19 Å². The molecule has 0 heterocycles. The molecule has 0 aliphatic carbocycles. The summed E-state index contributed by atoms with van der Waals surface area (Å²) in [5.74, 6) is 0. The minimum Gasteiger partial charge on any atom is -0.168 e. The maximum Gasteiger partial charge on any atom is -0.0809 e. The van der Waals surface area contributed by atoms with Crippen molar-refractivity contribution in [1.82, 2.24) is 0 Å². The maximum atomic E-state index is 2.34. The van der Waals surface area contributed by atoms with Gasteiger partial charge in [-0.05, 0) is 0 Å². The van der Waals surface area contributed by atoms with Crippen LogP contribution in [-0.2, 0) is 19.2 Å². The molecular weight excluding hydrogens is 436 g/mol. The van der Waals surface area contributed by atoms with Gasteiger partial charge >= 0.3 is 96.4 Å². The molecule has 0 saturated carbocycles. The normalized spacial score (nSPS) is 10.1. The Morgan fingerprint density at radius 2 is 0.812 bits per heavy atom. The Bertz CT molecular complexity index is 1210. The van der Waals surface area contributed by atoms with Gasteiger partial charge in [-0.15, -0.1) is 59.3 Å². The largest absolute Gasteiger partial charge is 0.168 e. The van der Waals surface area contributed by atoms with Crippen molar-refractivity contribution in [3.63, 3.8) is 0 Å². The fourth-order valence-corrected chi connectivity index (χ4v) is 6.46. The summed E-state index contributed by atoms with van der Waals surface area (Å²) in [6.07, 6.45) is -0.545. The summed E-state index contributed by atoms with van der Waals surface area (Å²) < 4.78 is 0. The smallest absolute Gasteiger partial charge is 0.0809 e. The van der Waals surface area contributed by atoms with E-state index in [-0.39, 0.29) is 0 Å². The Morgan fingerprint density at radius 3 is 1.22 bits per heavy atom. The van der Waals surface area contributed by atoms with Crippen LogP contribution in [0, 0.1) is 0 Å². The molecule has 152 valence electrons. The van der Waals surface area contributed by atoms with Gasteiger partial charge in [0.15, 0.2) is 0 Å². The first-order valence-electron chi connectivity index (χ1n) is 10.7. The standard InChI is InChI=1S/C12H10Si.2C9H7.Ti/c1-3-7-11(8-4-1)13-12-9-5-2-6-10-12;2*1-2-5-9-7-3-6-8(9)4-1;/h1-10H;2*1-7H;/q;2*-1;+2. The van der Waals surface area contributed by atoms with E-state index in [0.717, 1.165) is 0 Å². The second-order valence-electron chi connectivity index (χ2n) is 7.42. The molecule has 2 heteroatoms. The first kappa shape index (κ1) is 22.2. The van der Waals surface area contributed by atoms with Crippen LogP contribution in [0.3, 0.4) is 0 Å². The summed E-state index contributed by atoms with van der Waals surface area (Å²) in [6.45, 7) is 0. The Balaban J connectivity index is 0.000000119. The van der Waals surface area contributed by atoms with Crippen molar-refractivity contribution in [2.75, 3.05) is 0 Å². The third-order valence-electron chi connectivity index (χ3n) is 5.22. The molecule has 32 heavy (non-hydrogen) atoms. The Kier molecular flexibility index (Phi) is 8.06. The molecule has 6 aromatic rings. The quantitative estimate of drug-likeness (QED) is 0.206. The van der Waals surface area contributed by atoms with Crippen molar-refractivity contribution in [1.29, 1.82) is 0 Å². The molecule has 0 spiro atoms. The monoisotopic (exact) mass is 460 g/mol. The predicted molar refractivity (Wildman–Crippen MR) is 137 cm³/mol. The Morgan fingerprint density at radius 1 is 0.438 bits per heavy atom. The number of fused-ring (bicyclic) bond motifs is 2. The molecule has 0 aromatic heterocycles. The molecule has 0 saturated heterocycles. The fourth-order valence-electron chi connectivity index (χ4n) is 3.52. The minimum atomic E-state index is -0.545. The Hall–Kier alpha value is -2.97. The third kappa shape index (κ3) is 6.05. The average Bonchev–Trinajstić information content (AvgIpc) is 3.55. The van der Waals surface area contributed by atoms with E-state index >= 15 is 0 Å². The van der Waals surface area contributed by atoms with Crippen molar-refractivity contribution in [2.45, 2.75) is 0 Å². The van der Waals surface area contributed by atoms with Gasteiger partial charge in [0.25, 0.3) is 0 Å². The molecule has 0 radical (unpaired) electrons. The summed E-state index contributed by atoms with van der Waals surface area (Å²) in [6, 6.07) is 50.9. The average molecular weight is 460 g/mol. The summed E-state index contributed by atoms with van der Waals surface area (Å²) in [5, 5.41) is 8.28. The minimum absolute atomic E-state index is 0.545. The number of rotatable bonds is 2. The SMILES string of the molecule is [Ti+2]=[Si](c1ccccc1)c1ccccc1.c1ccc2[cH-]ccc2c1.c1ccc2[cH-]ccc2c1. The topological polar surface area (TPSA) is 0 Å². The van der Waals surface area contributed by atoms with Crippen LogP contribution in [0.5, 0.6) is 0 Å². The Labute approximate surface area is 202 Å². The van der Waals surface area contributed by atoms with Gasteiger partial charge in [-0.2, -0.15) is 35.0 Å². The van der Waals surface area contributed by atoms with Crippen molar-refractivity contribution >= 4 is 38.1 Å². The van der Waals surface area contributed by atoms with Crippen molar-refractivity contribution in [3.05, 3.63) is 146 Å². The van der Waals surface area contributed by atoms with Crippen LogP contribution >= 0.6 is 0 Å². The molecule has 0 N–H and O–H groups in total. The van der Waals surface area contributed by atoms with E-state index in [4.69, 9.17) is 0 Å². The molecule has 6 rings (SSSR count). The van der Waals surface area contributed by atoms with Crippen molar-refractivity contribution in [2.24, 2.45) is 0 Å². The summed E-state index contributed by atoms with van der Waals surface area (Å²) in [7, 11) is 0. The van der Waals surface area contributed by atoms with E-state index in [1.807, 2.05) is 0 Å². The number of benzene rings is 4. The molecule has 6 aromatic carbocycles. The van der Waals surface area contributed by atoms with Gasteiger partial charge in [0.1, 0.15) is 0 Å². The zero-order chi connectivity index (χ0) is 22.0. The first-order chi connectivity index (χ1) is 15.8. The van der Waals surface area contributed by atoms with E-state index in [0.29, 0.717) is 0 Å². The van der Waals surface area contributed by atoms with Gasteiger partial charge < -0.3 is 0 Å². The van der Waals surface area contributed by atoms with Crippen LogP contribution in [0.25, 0.3) is 21.5 Å². The van der Waals surface area contributed by atoms with Crippen molar-refractivity contribution in [3.8, 4) is 0 Å². The van der Waals surface area contributed by atoms with Crippen LogP contribution in [0.15, 0.2) is 146 Å². The second kappa shape index (κ2) is 11.6. The summed E-state index contributed by atoms with van der Waals surface area (Å²) in [5.41, 5.74) is 0.